The van der Waals surface area contributed by atoms with Crippen molar-refractivity contribution in [3.8, 4) is 11.3 Å². The van der Waals surface area contributed by atoms with E-state index < -0.39 is 0 Å². The van der Waals surface area contributed by atoms with Crippen molar-refractivity contribution in [3.63, 3.8) is 0 Å². The quantitative estimate of drug-likeness (QED) is 0.840. The molecule has 104 valence electrons. The molecule has 1 amide bonds. The standard InChI is InChI=1S/C15H15ClN2OS/c1-10-17-13(11-5-4-6-12(16)9-11)14(20-10)15(19)18-7-2-3-8-18/h4-6,9H,2-3,7-8H2,1H3. The van der Waals surface area contributed by atoms with Crippen molar-refractivity contribution >= 4 is 28.8 Å². The first-order chi connectivity index (χ1) is 9.65. The van der Waals surface area contributed by atoms with E-state index in [0.717, 1.165) is 47.1 Å². The number of amides is 1. The van der Waals surface area contributed by atoms with Gasteiger partial charge in [0.1, 0.15) is 4.88 Å². The van der Waals surface area contributed by atoms with Gasteiger partial charge in [0.05, 0.1) is 10.7 Å². The lowest BCUT2D eigenvalue weighted by atomic mass is 10.1. The average Bonchev–Trinajstić information content (AvgIpc) is 3.07. The van der Waals surface area contributed by atoms with Crippen LogP contribution in [-0.2, 0) is 0 Å². The summed E-state index contributed by atoms with van der Waals surface area (Å²) < 4.78 is 0. The van der Waals surface area contributed by atoms with Crippen LogP contribution >= 0.6 is 22.9 Å². The summed E-state index contributed by atoms with van der Waals surface area (Å²) in [5.74, 6) is 0.100. The number of nitrogens with zero attached hydrogens (tertiary/aromatic N) is 2. The van der Waals surface area contributed by atoms with Crippen LogP contribution in [0.15, 0.2) is 24.3 Å². The van der Waals surface area contributed by atoms with Crippen molar-refractivity contribution in [1.82, 2.24) is 9.88 Å². The number of carbonyl (C=O) groups excluding carboxylic acids is 1. The van der Waals surface area contributed by atoms with E-state index in [0.29, 0.717) is 5.02 Å². The summed E-state index contributed by atoms with van der Waals surface area (Å²) in [6, 6.07) is 7.51. The van der Waals surface area contributed by atoms with Gasteiger partial charge in [-0.25, -0.2) is 4.98 Å². The molecule has 2 heterocycles. The third kappa shape index (κ3) is 2.58. The summed E-state index contributed by atoms with van der Waals surface area (Å²) in [4.78, 5) is 19.8. The van der Waals surface area contributed by atoms with Gasteiger partial charge >= 0.3 is 0 Å². The van der Waals surface area contributed by atoms with Crippen molar-refractivity contribution in [1.29, 1.82) is 0 Å². The number of hydrogen-bond donors (Lipinski definition) is 0. The Morgan fingerprint density at radius 3 is 2.80 bits per heavy atom. The summed E-state index contributed by atoms with van der Waals surface area (Å²) in [5.41, 5.74) is 1.66. The second-order valence-corrected chi connectivity index (χ2v) is 6.56. The highest BCUT2D eigenvalue weighted by molar-refractivity contribution is 7.14. The summed E-state index contributed by atoms with van der Waals surface area (Å²) in [6.07, 6.45) is 2.19. The predicted molar refractivity (Wildman–Crippen MR) is 82.4 cm³/mol. The van der Waals surface area contributed by atoms with Gasteiger partial charge in [-0.2, -0.15) is 0 Å². The van der Waals surface area contributed by atoms with Crippen LogP contribution in [0.4, 0.5) is 0 Å². The number of aromatic nitrogens is 1. The summed E-state index contributed by atoms with van der Waals surface area (Å²) in [5, 5.41) is 1.57. The topological polar surface area (TPSA) is 33.2 Å². The zero-order valence-electron chi connectivity index (χ0n) is 11.2. The number of aryl methyl sites for hydroxylation is 1. The van der Waals surface area contributed by atoms with Gasteiger partial charge in [-0.1, -0.05) is 23.7 Å². The third-order valence-electron chi connectivity index (χ3n) is 3.42. The lowest BCUT2D eigenvalue weighted by Crippen LogP contribution is -2.27. The highest BCUT2D eigenvalue weighted by Gasteiger charge is 2.25. The van der Waals surface area contributed by atoms with Crippen LogP contribution in [0.2, 0.25) is 5.02 Å². The molecular formula is C15H15ClN2OS. The molecule has 1 aromatic heterocycles. The van der Waals surface area contributed by atoms with Crippen molar-refractivity contribution in [2.24, 2.45) is 0 Å². The van der Waals surface area contributed by atoms with Crippen LogP contribution in [0.25, 0.3) is 11.3 Å². The summed E-state index contributed by atoms with van der Waals surface area (Å²) >= 11 is 7.51. The molecule has 0 atom stereocenters. The molecule has 0 saturated carbocycles. The van der Waals surface area contributed by atoms with E-state index in [-0.39, 0.29) is 5.91 Å². The fourth-order valence-electron chi connectivity index (χ4n) is 2.47. The summed E-state index contributed by atoms with van der Waals surface area (Å²) in [6.45, 7) is 3.63. The van der Waals surface area contributed by atoms with Crippen molar-refractivity contribution in [3.05, 3.63) is 39.2 Å². The van der Waals surface area contributed by atoms with Gasteiger partial charge in [0.2, 0.25) is 0 Å². The van der Waals surface area contributed by atoms with Crippen LogP contribution in [0, 0.1) is 6.92 Å². The Labute approximate surface area is 127 Å². The molecule has 0 aliphatic carbocycles. The SMILES string of the molecule is Cc1nc(-c2cccc(Cl)c2)c(C(=O)N2CCCC2)s1. The Kier molecular flexibility index (Phi) is 3.76. The first-order valence-electron chi connectivity index (χ1n) is 6.68. The number of benzene rings is 1. The van der Waals surface area contributed by atoms with Gasteiger partial charge in [0, 0.05) is 23.7 Å². The Hall–Kier alpha value is -1.39. The largest absolute Gasteiger partial charge is 0.338 e. The number of likely N-dealkylation sites (tertiary alicyclic amines) is 1. The highest BCUT2D eigenvalue weighted by atomic mass is 35.5. The van der Waals surface area contributed by atoms with E-state index in [1.807, 2.05) is 36.1 Å². The van der Waals surface area contributed by atoms with Crippen LogP contribution in [0.3, 0.4) is 0 Å². The monoisotopic (exact) mass is 306 g/mol. The predicted octanol–water partition coefficient (Wildman–Crippen LogP) is 4.01. The van der Waals surface area contributed by atoms with Gasteiger partial charge in [-0.15, -0.1) is 11.3 Å². The lowest BCUT2D eigenvalue weighted by Gasteiger charge is -2.14. The molecule has 5 heteroatoms. The van der Waals surface area contributed by atoms with Gasteiger partial charge in [-0.05, 0) is 31.9 Å². The molecule has 1 fully saturated rings. The van der Waals surface area contributed by atoms with Gasteiger partial charge in [0.15, 0.2) is 0 Å². The lowest BCUT2D eigenvalue weighted by molar-refractivity contribution is 0.0798. The number of thiazole rings is 1. The minimum Gasteiger partial charge on any atom is -0.338 e. The average molecular weight is 307 g/mol. The fourth-order valence-corrected chi connectivity index (χ4v) is 3.57. The first kappa shape index (κ1) is 13.6. The van der Waals surface area contributed by atoms with Crippen molar-refractivity contribution in [2.75, 3.05) is 13.1 Å². The van der Waals surface area contributed by atoms with Gasteiger partial charge in [-0.3, -0.25) is 4.79 Å². The first-order valence-corrected chi connectivity index (χ1v) is 7.87. The van der Waals surface area contributed by atoms with Crippen LogP contribution < -0.4 is 0 Å². The van der Waals surface area contributed by atoms with Crippen molar-refractivity contribution < 1.29 is 4.79 Å². The Bertz CT molecular complexity index is 647. The molecule has 0 N–H and O–H groups in total. The number of hydrogen-bond acceptors (Lipinski definition) is 3. The molecule has 0 bridgehead atoms. The fraction of sp³-hybridized carbons (Fsp3) is 0.333. The van der Waals surface area contributed by atoms with E-state index in [9.17, 15) is 4.79 Å². The maximum absolute atomic E-state index is 12.6. The van der Waals surface area contributed by atoms with Crippen molar-refractivity contribution in [2.45, 2.75) is 19.8 Å². The smallest absolute Gasteiger partial charge is 0.266 e. The molecule has 20 heavy (non-hydrogen) atoms. The normalized spacial score (nSPS) is 14.8. The van der Waals surface area contributed by atoms with E-state index in [1.54, 1.807) is 0 Å². The maximum Gasteiger partial charge on any atom is 0.266 e. The minimum absolute atomic E-state index is 0.100. The zero-order chi connectivity index (χ0) is 14.1. The molecule has 1 aliphatic heterocycles. The Morgan fingerprint density at radius 2 is 2.10 bits per heavy atom. The molecule has 0 unspecified atom stereocenters. The minimum atomic E-state index is 0.100. The van der Waals surface area contributed by atoms with E-state index in [1.165, 1.54) is 11.3 Å². The van der Waals surface area contributed by atoms with E-state index in [2.05, 4.69) is 4.98 Å². The molecule has 3 rings (SSSR count). The Morgan fingerprint density at radius 1 is 1.35 bits per heavy atom. The van der Waals surface area contributed by atoms with Crippen LogP contribution in [-0.4, -0.2) is 28.9 Å². The highest BCUT2D eigenvalue weighted by Crippen LogP contribution is 2.31. The van der Waals surface area contributed by atoms with Gasteiger partial charge < -0.3 is 4.90 Å². The zero-order valence-corrected chi connectivity index (χ0v) is 12.8. The molecule has 1 saturated heterocycles. The molecular weight excluding hydrogens is 292 g/mol. The second kappa shape index (κ2) is 5.54. The third-order valence-corrected chi connectivity index (χ3v) is 4.61. The molecule has 0 radical (unpaired) electrons. The second-order valence-electron chi connectivity index (χ2n) is 4.92. The molecule has 1 aromatic carbocycles. The van der Waals surface area contributed by atoms with E-state index in [4.69, 9.17) is 11.6 Å². The molecule has 2 aromatic rings. The summed E-state index contributed by atoms with van der Waals surface area (Å²) in [7, 11) is 0. The number of carbonyl (C=O) groups is 1. The molecule has 0 spiro atoms. The van der Waals surface area contributed by atoms with Gasteiger partial charge in [0.25, 0.3) is 5.91 Å². The van der Waals surface area contributed by atoms with E-state index >= 15 is 0 Å². The number of halogens is 1. The van der Waals surface area contributed by atoms with Crippen LogP contribution in [0.1, 0.15) is 27.5 Å². The Balaban J connectivity index is 2.01. The van der Waals surface area contributed by atoms with Crippen LogP contribution in [0.5, 0.6) is 0 Å². The number of rotatable bonds is 2. The maximum atomic E-state index is 12.6. The molecule has 3 nitrogen and oxygen atoms in total. The molecule has 1 aliphatic rings.